The predicted molar refractivity (Wildman–Crippen MR) is 92.9 cm³/mol. The van der Waals surface area contributed by atoms with Crippen molar-refractivity contribution in [2.24, 2.45) is 0 Å². The lowest BCUT2D eigenvalue weighted by atomic mass is 9.75. The van der Waals surface area contributed by atoms with Crippen LogP contribution in [0.2, 0.25) is 5.02 Å². The molecular weight excluding hydrogens is 383 g/mol. The van der Waals surface area contributed by atoms with Crippen LogP contribution in [0.5, 0.6) is 0 Å². The Kier molecular flexibility index (Phi) is 5.08. The maximum Gasteiger partial charge on any atom is 0.416 e. The molecule has 0 bridgehead atoms. The van der Waals surface area contributed by atoms with Crippen molar-refractivity contribution >= 4 is 23.4 Å². The summed E-state index contributed by atoms with van der Waals surface area (Å²) in [7, 11) is 1.21. The number of rotatable bonds is 2. The van der Waals surface area contributed by atoms with Crippen molar-refractivity contribution in [2.75, 3.05) is 7.11 Å². The Bertz CT molecular complexity index is 887. The second kappa shape index (κ2) is 7.03. The van der Waals surface area contributed by atoms with Crippen LogP contribution in [0, 0.1) is 0 Å². The summed E-state index contributed by atoms with van der Waals surface area (Å²) in [6.45, 7) is 1.67. The Morgan fingerprint density at radius 3 is 2.59 bits per heavy atom. The van der Waals surface area contributed by atoms with Crippen LogP contribution in [0.4, 0.5) is 13.2 Å². The Labute approximate surface area is 159 Å². The van der Waals surface area contributed by atoms with Crippen molar-refractivity contribution in [1.82, 2.24) is 5.32 Å². The molecule has 4 nitrogen and oxygen atoms in total. The lowest BCUT2D eigenvalue weighted by Gasteiger charge is -2.34. The van der Waals surface area contributed by atoms with Gasteiger partial charge in [-0.25, -0.2) is 4.79 Å². The molecule has 2 aliphatic rings. The smallest absolute Gasteiger partial charge is 0.416 e. The largest absolute Gasteiger partial charge is 0.466 e. The number of ether oxygens (including phenoxy) is 1. The van der Waals surface area contributed by atoms with Gasteiger partial charge in [0.2, 0.25) is 0 Å². The van der Waals surface area contributed by atoms with Gasteiger partial charge in [-0.1, -0.05) is 17.7 Å². The van der Waals surface area contributed by atoms with Gasteiger partial charge in [0, 0.05) is 34.3 Å². The number of Topliss-reactive ketones (excluding diaryl/α,β-unsaturated/α-hetero) is 1. The van der Waals surface area contributed by atoms with Crippen LogP contribution in [0.15, 0.2) is 40.7 Å². The molecular formula is C19H17ClF3NO3. The van der Waals surface area contributed by atoms with Gasteiger partial charge >= 0.3 is 12.1 Å². The van der Waals surface area contributed by atoms with E-state index in [9.17, 15) is 22.8 Å². The number of allylic oxidation sites excluding steroid dienone is 3. The first-order chi connectivity index (χ1) is 12.6. The van der Waals surface area contributed by atoms with Crippen LogP contribution in [0.25, 0.3) is 0 Å². The zero-order chi connectivity index (χ0) is 19.9. The molecule has 0 saturated heterocycles. The van der Waals surface area contributed by atoms with E-state index >= 15 is 0 Å². The summed E-state index contributed by atoms with van der Waals surface area (Å²) in [4.78, 5) is 25.0. The number of esters is 1. The van der Waals surface area contributed by atoms with E-state index in [0.29, 0.717) is 36.2 Å². The Morgan fingerprint density at radius 2 is 2.00 bits per heavy atom. The van der Waals surface area contributed by atoms with Gasteiger partial charge in [-0.05, 0) is 37.5 Å². The second-order valence-electron chi connectivity index (χ2n) is 6.49. The van der Waals surface area contributed by atoms with Crippen LogP contribution >= 0.6 is 11.6 Å². The summed E-state index contributed by atoms with van der Waals surface area (Å²) in [6, 6.07) is 2.95. The molecule has 8 heteroatoms. The van der Waals surface area contributed by atoms with Crippen molar-refractivity contribution in [2.45, 2.75) is 38.3 Å². The van der Waals surface area contributed by atoms with Gasteiger partial charge in [0.15, 0.2) is 5.78 Å². The number of alkyl halides is 3. The minimum absolute atomic E-state index is 0.154. The van der Waals surface area contributed by atoms with E-state index in [2.05, 4.69) is 5.32 Å². The number of hydrogen-bond acceptors (Lipinski definition) is 4. The van der Waals surface area contributed by atoms with E-state index in [1.54, 1.807) is 6.92 Å². The van der Waals surface area contributed by atoms with Gasteiger partial charge in [-0.15, -0.1) is 0 Å². The summed E-state index contributed by atoms with van der Waals surface area (Å²) in [6.07, 6.45) is -2.96. The lowest BCUT2D eigenvalue weighted by Crippen LogP contribution is -2.34. The van der Waals surface area contributed by atoms with E-state index in [1.807, 2.05) is 0 Å². The Balaban J connectivity index is 2.21. The monoisotopic (exact) mass is 399 g/mol. The van der Waals surface area contributed by atoms with Crippen LogP contribution in [0.1, 0.15) is 43.2 Å². The molecule has 1 aromatic rings. The highest BCUT2D eigenvalue weighted by Crippen LogP contribution is 2.45. The molecule has 1 aliphatic carbocycles. The topological polar surface area (TPSA) is 55.4 Å². The van der Waals surface area contributed by atoms with Gasteiger partial charge < -0.3 is 10.1 Å². The normalized spacial score (nSPS) is 20.4. The zero-order valence-corrected chi connectivity index (χ0v) is 15.4. The first-order valence-corrected chi connectivity index (χ1v) is 8.72. The summed E-state index contributed by atoms with van der Waals surface area (Å²) in [5.74, 6) is -1.68. The third-order valence-electron chi connectivity index (χ3n) is 4.82. The van der Waals surface area contributed by atoms with E-state index in [-0.39, 0.29) is 21.9 Å². The maximum atomic E-state index is 13.0. The molecule has 0 spiro atoms. The molecule has 0 radical (unpaired) electrons. The fourth-order valence-electron chi connectivity index (χ4n) is 3.61. The van der Waals surface area contributed by atoms with Crippen molar-refractivity contribution < 1.29 is 27.5 Å². The number of halogens is 4. The molecule has 1 heterocycles. The quantitative estimate of drug-likeness (QED) is 0.744. The Hall–Kier alpha value is -2.28. The van der Waals surface area contributed by atoms with Crippen LogP contribution in [-0.4, -0.2) is 18.9 Å². The van der Waals surface area contributed by atoms with Gasteiger partial charge in [0.1, 0.15) is 0 Å². The molecule has 1 aliphatic heterocycles. The number of methoxy groups -OCH3 is 1. The highest BCUT2D eigenvalue weighted by Gasteiger charge is 2.40. The number of ketones is 1. The minimum atomic E-state index is -4.54. The number of dihydropyridines is 1. The molecule has 3 rings (SSSR count). The molecule has 0 fully saturated rings. The maximum absolute atomic E-state index is 13.0. The third kappa shape index (κ3) is 3.48. The molecule has 1 aromatic carbocycles. The van der Waals surface area contributed by atoms with E-state index in [0.717, 1.165) is 12.1 Å². The van der Waals surface area contributed by atoms with Crippen LogP contribution in [0.3, 0.4) is 0 Å². The molecule has 1 unspecified atom stereocenters. The van der Waals surface area contributed by atoms with Gasteiger partial charge in [0.05, 0.1) is 18.2 Å². The van der Waals surface area contributed by atoms with Gasteiger partial charge in [-0.3, -0.25) is 4.79 Å². The molecule has 0 aromatic heterocycles. The van der Waals surface area contributed by atoms with Crippen molar-refractivity contribution in [3.05, 3.63) is 56.9 Å². The lowest BCUT2D eigenvalue weighted by molar-refractivity contribution is -0.138. The average molecular weight is 400 g/mol. The summed E-state index contributed by atoms with van der Waals surface area (Å²) < 4.78 is 43.8. The minimum Gasteiger partial charge on any atom is -0.466 e. The first-order valence-electron chi connectivity index (χ1n) is 8.34. The molecule has 1 atom stereocenters. The third-order valence-corrected chi connectivity index (χ3v) is 5.15. The van der Waals surface area contributed by atoms with Crippen molar-refractivity contribution in [1.29, 1.82) is 0 Å². The SMILES string of the molecule is COC(=O)C1=C(C)NC2=C(C(=O)CCC2)C1c1ccc(C(F)(F)F)cc1Cl. The molecule has 1 N–H and O–H groups in total. The average Bonchev–Trinajstić information content (AvgIpc) is 2.59. The number of hydrogen-bond donors (Lipinski definition) is 1. The van der Waals surface area contributed by atoms with E-state index < -0.39 is 23.6 Å². The van der Waals surface area contributed by atoms with E-state index in [1.165, 1.54) is 13.2 Å². The highest BCUT2D eigenvalue weighted by atomic mass is 35.5. The second-order valence-corrected chi connectivity index (χ2v) is 6.90. The molecule has 27 heavy (non-hydrogen) atoms. The fourth-order valence-corrected chi connectivity index (χ4v) is 3.90. The molecule has 0 amide bonds. The number of carbonyl (C=O) groups is 2. The predicted octanol–water partition coefficient (Wildman–Crippen LogP) is 4.50. The zero-order valence-electron chi connectivity index (χ0n) is 14.7. The molecule has 144 valence electrons. The fraction of sp³-hybridized carbons (Fsp3) is 0.368. The number of nitrogens with one attached hydrogen (secondary N) is 1. The summed E-state index contributed by atoms with van der Waals surface area (Å²) in [5.41, 5.74) is 1.10. The highest BCUT2D eigenvalue weighted by molar-refractivity contribution is 6.31. The van der Waals surface area contributed by atoms with Gasteiger partial charge in [0.25, 0.3) is 0 Å². The van der Waals surface area contributed by atoms with Crippen LogP contribution in [-0.2, 0) is 20.5 Å². The van der Waals surface area contributed by atoms with Crippen LogP contribution < -0.4 is 5.32 Å². The summed E-state index contributed by atoms with van der Waals surface area (Å²) >= 11 is 6.18. The number of benzene rings is 1. The van der Waals surface area contributed by atoms with E-state index in [4.69, 9.17) is 16.3 Å². The van der Waals surface area contributed by atoms with Crippen molar-refractivity contribution in [3.8, 4) is 0 Å². The number of carbonyl (C=O) groups excluding carboxylic acids is 2. The Morgan fingerprint density at radius 1 is 1.30 bits per heavy atom. The van der Waals surface area contributed by atoms with Gasteiger partial charge in [-0.2, -0.15) is 13.2 Å². The molecule has 0 saturated carbocycles. The standard InChI is InChI=1S/C19H17ClF3NO3/c1-9-15(18(26)27-2)16(17-13(24-9)4-3-5-14(17)25)11-7-6-10(8-12(11)20)19(21,22)23/h6-8,16,24H,3-5H2,1-2H3. The first kappa shape index (κ1) is 19.5. The summed E-state index contributed by atoms with van der Waals surface area (Å²) in [5, 5.41) is 2.93. The van der Waals surface area contributed by atoms with Crippen molar-refractivity contribution in [3.63, 3.8) is 0 Å².